The van der Waals surface area contributed by atoms with Crippen molar-refractivity contribution < 1.29 is 14.2 Å². The van der Waals surface area contributed by atoms with Gasteiger partial charge in [-0.15, -0.1) is 0 Å². The van der Waals surface area contributed by atoms with Gasteiger partial charge in [-0.1, -0.05) is 49.2 Å². The lowest BCUT2D eigenvalue weighted by atomic mass is 10.0. The Morgan fingerprint density at radius 3 is 2.31 bits per heavy atom. The smallest absolute Gasteiger partial charge is 0.294 e. The third-order valence-electron chi connectivity index (χ3n) is 6.07. The molecule has 0 spiro atoms. The van der Waals surface area contributed by atoms with Crippen molar-refractivity contribution in [3.8, 4) is 5.69 Å². The average Bonchev–Trinajstić information content (AvgIpc) is 3.31. The van der Waals surface area contributed by atoms with Gasteiger partial charge in [0.05, 0.1) is 16.9 Å². The maximum atomic E-state index is 14.0. The van der Waals surface area contributed by atoms with Crippen molar-refractivity contribution in [2.75, 3.05) is 4.90 Å². The molecule has 0 atom stereocenters. The van der Waals surface area contributed by atoms with Crippen LogP contribution in [0.25, 0.3) is 17.0 Å². The second-order valence-corrected chi connectivity index (χ2v) is 9.06. The van der Waals surface area contributed by atoms with Gasteiger partial charge in [0.1, 0.15) is 5.57 Å². The van der Waals surface area contributed by atoms with E-state index in [4.69, 9.17) is 11.6 Å². The van der Waals surface area contributed by atoms with Crippen LogP contribution in [0.1, 0.15) is 30.2 Å². The van der Waals surface area contributed by atoms with E-state index in [1.807, 2.05) is 26.0 Å². The van der Waals surface area contributed by atoms with Gasteiger partial charge in [0, 0.05) is 22.8 Å². The van der Waals surface area contributed by atoms with E-state index in [-0.39, 0.29) is 16.8 Å². The number of halogens is 1. The van der Waals surface area contributed by atoms with E-state index in [9.17, 15) is 14.4 Å². The number of H-pyrrole nitrogens is 1. The molecule has 8 heteroatoms. The van der Waals surface area contributed by atoms with Gasteiger partial charge in [0.15, 0.2) is 12.4 Å². The van der Waals surface area contributed by atoms with Gasteiger partial charge in [-0.3, -0.25) is 19.5 Å². The van der Waals surface area contributed by atoms with Gasteiger partial charge in [0.2, 0.25) is 0 Å². The second-order valence-electron chi connectivity index (χ2n) is 8.63. The number of nitrogens with zero attached hydrogens (tertiary/aromatic N) is 3. The van der Waals surface area contributed by atoms with Crippen LogP contribution in [0.3, 0.4) is 0 Å². The Balaban J connectivity index is 1.78. The number of imide groups is 1. The van der Waals surface area contributed by atoms with Crippen molar-refractivity contribution in [1.29, 1.82) is 0 Å². The van der Waals surface area contributed by atoms with E-state index in [1.54, 1.807) is 71.6 Å². The van der Waals surface area contributed by atoms with E-state index in [2.05, 4.69) is 5.10 Å². The van der Waals surface area contributed by atoms with Crippen molar-refractivity contribution in [3.63, 3.8) is 0 Å². The van der Waals surface area contributed by atoms with Crippen LogP contribution < -0.4 is 15.0 Å². The highest BCUT2D eigenvalue weighted by Gasteiger charge is 2.48. The number of anilines is 1. The van der Waals surface area contributed by atoms with E-state index in [0.29, 0.717) is 28.5 Å². The standard InChI is InChI=1S/C28H23ClN4O3/c1-3-9-22-23(27(35)33(30-22)21-13-8-11-19(29)17-21)24-25(31-14-5-4-6-15-31)28(36)32(26(24)34)20-12-7-10-18(2)16-20/h4-8,10-17H,3,9H2,1-2H3/p+1. The van der Waals surface area contributed by atoms with Crippen molar-refractivity contribution >= 4 is 40.4 Å². The zero-order valence-electron chi connectivity index (χ0n) is 19.9. The van der Waals surface area contributed by atoms with Crippen LogP contribution in [-0.2, 0) is 16.0 Å². The first kappa shape index (κ1) is 23.5. The molecular formula is C28H24ClN4O3+. The molecule has 1 aliphatic rings. The minimum Gasteiger partial charge on any atom is -0.294 e. The number of aromatic nitrogens is 3. The Labute approximate surface area is 212 Å². The van der Waals surface area contributed by atoms with Crippen LogP contribution in [0.5, 0.6) is 0 Å². The number of carbonyl (C=O) groups is 2. The highest BCUT2D eigenvalue weighted by atomic mass is 35.5. The topological polar surface area (TPSA) is 79.1 Å². The lowest BCUT2D eigenvalue weighted by Gasteiger charge is -2.14. The zero-order valence-corrected chi connectivity index (χ0v) is 20.6. The molecule has 180 valence electrons. The summed E-state index contributed by atoms with van der Waals surface area (Å²) in [5.41, 5.74) is 2.46. The quantitative estimate of drug-likeness (QED) is 0.317. The predicted molar refractivity (Wildman–Crippen MR) is 139 cm³/mol. The van der Waals surface area contributed by atoms with E-state index in [0.717, 1.165) is 16.9 Å². The number of rotatable bonds is 6. The zero-order chi connectivity index (χ0) is 25.4. The molecule has 2 amide bonds. The molecule has 2 aromatic heterocycles. The summed E-state index contributed by atoms with van der Waals surface area (Å²) in [7, 11) is 0. The van der Waals surface area contributed by atoms with E-state index in [1.165, 1.54) is 4.68 Å². The number of aromatic amines is 1. The average molecular weight is 500 g/mol. The summed E-state index contributed by atoms with van der Waals surface area (Å²) in [6, 6.07) is 19.4. The molecular weight excluding hydrogens is 476 g/mol. The first-order valence-corrected chi connectivity index (χ1v) is 12.0. The number of hydrogen-bond acceptors (Lipinski definition) is 3. The molecule has 2 aromatic carbocycles. The molecule has 3 heterocycles. The Morgan fingerprint density at radius 2 is 1.61 bits per heavy atom. The van der Waals surface area contributed by atoms with Crippen molar-refractivity contribution in [2.45, 2.75) is 26.7 Å². The molecule has 36 heavy (non-hydrogen) atoms. The molecule has 0 fully saturated rings. The minimum absolute atomic E-state index is 0.0724. The SMILES string of the molecule is CCCc1[nH]n(-c2cccc(Cl)c2)c(=O)c1C1=C([n+]2ccccc2)C(=O)N(c2cccc(C)c2)C1=O. The lowest BCUT2D eigenvalue weighted by molar-refractivity contribution is -0.576. The molecule has 7 nitrogen and oxygen atoms in total. The summed E-state index contributed by atoms with van der Waals surface area (Å²) >= 11 is 6.18. The predicted octanol–water partition coefficient (Wildman–Crippen LogP) is 4.31. The first-order chi connectivity index (χ1) is 17.4. The summed E-state index contributed by atoms with van der Waals surface area (Å²) in [5, 5.41) is 3.64. The summed E-state index contributed by atoms with van der Waals surface area (Å²) < 4.78 is 2.97. The number of nitrogens with one attached hydrogen (secondary N) is 1. The fraction of sp³-hybridized carbons (Fsp3) is 0.143. The van der Waals surface area contributed by atoms with Crippen molar-refractivity contribution in [3.05, 3.63) is 111 Å². The van der Waals surface area contributed by atoms with Gasteiger partial charge in [0.25, 0.3) is 17.2 Å². The van der Waals surface area contributed by atoms with Gasteiger partial charge in [-0.25, -0.2) is 9.58 Å². The molecule has 4 aromatic rings. The van der Waals surface area contributed by atoms with Crippen LogP contribution in [0.15, 0.2) is 83.9 Å². The molecule has 0 saturated heterocycles. The van der Waals surface area contributed by atoms with E-state index >= 15 is 0 Å². The summed E-state index contributed by atoms with van der Waals surface area (Å²) in [5.74, 6) is -1.03. The third kappa shape index (κ3) is 3.97. The van der Waals surface area contributed by atoms with Crippen LogP contribution in [0, 0.1) is 6.92 Å². The van der Waals surface area contributed by atoms with Gasteiger partial charge >= 0.3 is 5.91 Å². The summed E-state index contributed by atoms with van der Waals surface area (Å²) in [6.45, 7) is 3.88. The number of pyridine rings is 1. The first-order valence-electron chi connectivity index (χ1n) is 11.7. The summed E-state index contributed by atoms with van der Waals surface area (Å²) in [6.07, 6.45) is 4.64. The molecule has 0 radical (unpaired) electrons. The van der Waals surface area contributed by atoms with Crippen LogP contribution in [-0.4, -0.2) is 21.6 Å². The minimum atomic E-state index is -0.538. The van der Waals surface area contributed by atoms with Gasteiger partial charge < -0.3 is 0 Å². The number of aryl methyl sites for hydroxylation is 2. The highest BCUT2D eigenvalue weighted by Crippen LogP contribution is 2.34. The van der Waals surface area contributed by atoms with E-state index < -0.39 is 17.4 Å². The molecule has 1 aliphatic heterocycles. The van der Waals surface area contributed by atoms with Crippen LogP contribution >= 0.6 is 11.6 Å². The second kappa shape index (κ2) is 9.43. The number of amides is 2. The Hall–Kier alpha value is -4.23. The third-order valence-corrected chi connectivity index (χ3v) is 6.31. The fourth-order valence-corrected chi connectivity index (χ4v) is 4.69. The van der Waals surface area contributed by atoms with Crippen molar-refractivity contribution in [2.24, 2.45) is 0 Å². The maximum absolute atomic E-state index is 14.0. The van der Waals surface area contributed by atoms with Crippen LogP contribution in [0.4, 0.5) is 5.69 Å². The molecule has 0 bridgehead atoms. The van der Waals surface area contributed by atoms with Gasteiger partial charge in [-0.2, -0.15) is 4.57 Å². The monoisotopic (exact) mass is 499 g/mol. The Kier molecular flexibility index (Phi) is 6.16. The molecule has 0 unspecified atom stereocenters. The highest BCUT2D eigenvalue weighted by molar-refractivity contribution is 6.53. The Bertz CT molecular complexity index is 1580. The number of hydrogen-bond donors (Lipinski definition) is 1. The maximum Gasteiger partial charge on any atom is 0.331 e. The van der Waals surface area contributed by atoms with Gasteiger partial charge in [-0.05, 0) is 49.2 Å². The Morgan fingerprint density at radius 1 is 0.889 bits per heavy atom. The molecule has 0 saturated carbocycles. The largest absolute Gasteiger partial charge is 0.331 e. The molecule has 5 rings (SSSR count). The van der Waals surface area contributed by atoms with Crippen molar-refractivity contribution in [1.82, 2.24) is 9.78 Å². The summed E-state index contributed by atoms with van der Waals surface area (Å²) in [4.78, 5) is 42.8. The molecule has 1 N–H and O–H groups in total. The fourth-order valence-electron chi connectivity index (χ4n) is 4.50. The van der Waals surface area contributed by atoms with Crippen LogP contribution in [0.2, 0.25) is 5.02 Å². The molecule has 0 aliphatic carbocycles. The number of carbonyl (C=O) groups excluding carboxylic acids is 2. The normalized spacial score (nSPS) is 13.7. The number of benzene rings is 2. The lowest BCUT2D eigenvalue weighted by Crippen LogP contribution is -2.39.